The van der Waals surface area contributed by atoms with Gasteiger partial charge < -0.3 is 45.1 Å². The van der Waals surface area contributed by atoms with Crippen LogP contribution in [-0.4, -0.2) is 99.6 Å². The van der Waals surface area contributed by atoms with Crippen molar-refractivity contribution in [2.24, 2.45) is 0 Å². The molecular weight excluding hydrogens is 871 g/mol. The highest BCUT2D eigenvalue weighted by Gasteiger charge is 2.47. The summed E-state index contributed by atoms with van der Waals surface area (Å²) in [5.41, 5.74) is 0. The molecule has 1 fully saturated rings. The minimum absolute atomic E-state index is 0.00748. The minimum Gasteiger partial charge on any atom is -0.454 e. The zero-order valence-electron chi connectivity index (χ0n) is 43.4. The summed E-state index contributed by atoms with van der Waals surface area (Å²) >= 11 is 0. The molecule has 0 aromatic rings. The van der Waals surface area contributed by atoms with Crippen LogP contribution < -0.4 is 5.32 Å². The van der Waals surface area contributed by atoms with Crippen LogP contribution in [0.15, 0.2) is 85.1 Å². The first-order chi connectivity index (χ1) is 33.7. The molecule has 6 N–H and O–H groups in total. The van der Waals surface area contributed by atoms with E-state index in [9.17, 15) is 35.1 Å². The van der Waals surface area contributed by atoms with Gasteiger partial charge in [0.25, 0.3) is 0 Å². The van der Waals surface area contributed by atoms with E-state index in [1.807, 2.05) is 30.4 Å². The zero-order chi connectivity index (χ0) is 50.4. The third-order valence-electron chi connectivity index (χ3n) is 12.3. The number of aliphatic hydroxyl groups is 5. The summed E-state index contributed by atoms with van der Waals surface area (Å²) in [5, 5.41) is 56.5. The van der Waals surface area contributed by atoms with Gasteiger partial charge in [0.2, 0.25) is 5.91 Å². The van der Waals surface area contributed by atoms with Crippen LogP contribution in [0, 0.1) is 0 Å². The van der Waals surface area contributed by atoms with E-state index in [1.54, 1.807) is 6.08 Å². The average molecular weight is 970 g/mol. The van der Waals surface area contributed by atoms with Gasteiger partial charge in [-0.1, -0.05) is 202 Å². The molecule has 1 aliphatic heterocycles. The molecule has 11 nitrogen and oxygen atoms in total. The second kappa shape index (κ2) is 45.9. The Bertz CT molecular complexity index is 1440. The van der Waals surface area contributed by atoms with E-state index >= 15 is 0 Å². The van der Waals surface area contributed by atoms with Crippen molar-refractivity contribution in [2.45, 2.75) is 256 Å². The van der Waals surface area contributed by atoms with Crippen molar-refractivity contribution in [3.8, 4) is 0 Å². The number of unbranched alkanes of at least 4 members (excludes halogenated alkanes) is 18. The predicted octanol–water partition coefficient (Wildman–Crippen LogP) is 11.8. The molecule has 1 saturated heterocycles. The highest BCUT2D eigenvalue weighted by molar-refractivity contribution is 5.80. The Balaban J connectivity index is 2.84. The van der Waals surface area contributed by atoms with Crippen LogP contribution in [0.2, 0.25) is 0 Å². The molecule has 0 aromatic heterocycles. The Morgan fingerprint density at radius 2 is 1.00 bits per heavy atom. The molecule has 1 rings (SSSR count). The lowest BCUT2D eigenvalue weighted by Crippen LogP contribution is -2.61. The number of hydrogen-bond acceptors (Lipinski definition) is 10. The summed E-state index contributed by atoms with van der Waals surface area (Å²) in [6.45, 7) is 5.64. The molecule has 0 aromatic carbocycles. The molecule has 1 aliphatic rings. The monoisotopic (exact) mass is 970 g/mol. The van der Waals surface area contributed by atoms with Crippen LogP contribution in [0.3, 0.4) is 0 Å². The van der Waals surface area contributed by atoms with Crippen molar-refractivity contribution < 1.29 is 49.3 Å². The fraction of sp³-hybridized carbons (Fsp3) is 0.724. The lowest BCUT2D eigenvalue weighted by Gasteiger charge is -2.41. The maximum Gasteiger partial charge on any atom is 0.306 e. The third kappa shape index (κ3) is 34.7. The fourth-order valence-corrected chi connectivity index (χ4v) is 7.87. The largest absolute Gasteiger partial charge is 0.454 e. The highest BCUT2D eigenvalue weighted by atomic mass is 16.7. The Morgan fingerprint density at radius 1 is 0.565 bits per heavy atom. The number of nitrogens with one attached hydrogen (secondary N) is 1. The minimum atomic E-state index is -1.65. The van der Waals surface area contributed by atoms with Crippen LogP contribution >= 0.6 is 0 Å². The zero-order valence-corrected chi connectivity index (χ0v) is 43.4. The Hall–Kier alpha value is -3.16. The number of carbonyl (C=O) groups is 2. The molecule has 1 amide bonds. The lowest BCUT2D eigenvalue weighted by molar-refractivity contribution is -0.305. The maximum atomic E-state index is 13.3. The second-order valence-electron chi connectivity index (χ2n) is 18.6. The number of hydrogen-bond donors (Lipinski definition) is 6. The van der Waals surface area contributed by atoms with E-state index in [1.165, 1.54) is 96.3 Å². The SMILES string of the molecule is CCCCC/C=C\C/C=C\C/C=C\C/C=C\CCC(O)C(=O)NC(COC1OC(CO)C(O)C(O)C1OC(=O)CC/C=C/C/C=C\CCCCCCCC)C(O)/C=C/CCCCCCCCCCC. The number of aliphatic hydroxyl groups excluding tert-OH is 5. The Kier molecular flexibility index (Phi) is 42.5. The first kappa shape index (κ1) is 63.9. The van der Waals surface area contributed by atoms with Crippen molar-refractivity contribution in [3.05, 3.63) is 85.1 Å². The van der Waals surface area contributed by atoms with E-state index < -0.39 is 67.4 Å². The van der Waals surface area contributed by atoms with Crippen molar-refractivity contribution in [1.82, 2.24) is 5.32 Å². The second-order valence-corrected chi connectivity index (χ2v) is 18.6. The summed E-state index contributed by atoms with van der Waals surface area (Å²) in [7, 11) is 0. The van der Waals surface area contributed by atoms with Gasteiger partial charge in [-0.15, -0.1) is 0 Å². The van der Waals surface area contributed by atoms with Crippen LogP contribution in [0.5, 0.6) is 0 Å². The number of allylic oxidation sites excluding steroid dienone is 13. The smallest absolute Gasteiger partial charge is 0.306 e. The van der Waals surface area contributed by atoms with Gasteiger partial charge >= 0.3 is 5.97 Å². The van der Waals surface area contributed by atoms with Gasteiger partial charge in [-0.3, -0.25) is 9.59 Å². The van der Waals surface area contributed by atoms with Gasteiger partial charge in [0.1, 0.15) is 24.4 Å². The number of amides is 1. The summed E-state index contributed by atoms with van der Waals surface area (Å²) in [5.74, 6) is -1.33. The van der Waals surface area contributed by atoms with Gasteiger partial charge in [0.15, 0.2) is 12.4 Å². The van der Waals surface area contributed by atoms with Crippen molar-refractivity contribution in [1.29, 1.82) is 0 Å². The number of carbonyl (C=O) groups excluding carboxylic acids is 2. The summed E-state index contributed by atoms with van der Waals surface area (Å²) < 4.78 is 17.4. The number of esters is 1. The molecule has 396 valence electrons. The van der Waals surface area contributed by atoms with Gasteiger partial charge in [0, 0.05) is 6.42 Å². The quantitative estimate of drug-likeness (QED) is 0.0196. The van der Waals surface area contributed by atoms with Crippen LogP contribution in [0.1, 0.15) is 207 Å². The van der Waals surface area contributed by atoms with Crippen LogP contribution in [0.25, 0.3) is 0 Å². The molecule has 0 saturated carbocycles. The average Bonchev–Trinajstić information content (AvgIpc) is 3.34. The molecule has 8 unspecified atom stereocenters. The predicted molar refractivity (Wildman–Crippen MR) is 282 cm³/mol. The molecular formula is C58H99NO10. The third-order valence-corrected chi connectivity index (χ3v) is 12.3. The van der Waals surface area contributed by atoms with E-state index in [2.05, 4.69) is 74.7 Å². The summed E-state index contributed by atoms with van der Waals surface area (Å²) in [6, 6.07) is -1.07. The topological polar surface area (TPSA) is 175 Å². The molecule has 1 heterocycles. The van der Waals surface area contributed by atoms with E-state index in [-0.39, 0.29) is 19.4 Å². The van der Waals surface area contributed by atoms with E-state index in [4.69, 9.17) is 14.2 Å². The van der Waals surface area contributed by atoms with Gasteiger partial charge in [0.05, 0.1) is 25.4 Å². The van der Waals surface area contributed by atoms with E-state index in [0.29, 0.717) is 12.8 Å². The number of ether oxygens (including phenoxy) is 3. The molecule has 0 radical (unpaired) electrons. The fourth-order valence-electron chi connectivity index (χ4n) is 7.87. The molecule has 11 heteroatoms. The molecule has 0 aliphatic carbocycles. The normalized spacial score (nSPS) is 20.5. The van der Waals surface area contributed by atoms with Crippen molar-refractivity contribution in [3.63, 3.8) is 0 Å². The van der Waals surface area contributed by atoms with Gasteiger partial charge in [-0.2, -0.15) is 0 Å². The maximum absolute atomic E-state index is 13.3. The van der Waals surface area contributed by atoms with Crippen LogP contribution in [0.4, 0.5) is 0 Å². The first-order valence-corrected chi connectivity index (χ1v) is 27.4. The number of rotatable bonds is 44. The summed E-state index contributed by atoms with van der Waals surface area (Å²) in [4.78, 5) is 26.3. The molecule has 8 atom stereocenters. The highest BCUT2D eigenvalue weighted by Crippen LogP contribution is 2.26. The molecule has 0 spiro atoms. The molecule has 0 bridgehead atoms. The Morgan fingerprint density at radius 3 is 1.52 bits per heavy atom. The lowest BCUT2D eigenvalue weighted by atomic mass is 9.99. The Labute approximate surface area is 419 Å². The van der Waals surface area contributed by atoms with E-state index in [0.717, 1.165) is 64.2 Å². The summed E-state index contributed by atoms with van der Waals surface area (Å²) in [6.07, 6.45) is 48.0. The van der Waals surface area contributed by atoms with Gasteiger partial charge in [-0.05, 0) is 83.5 Å². The standard InChI is InChI=1S/C58H99NO10/c1-4-7-10-13-16-19-22-24-25-26-28-30-33-36-39-42-45-51(62)57(66)59-49(50(61)44-41-38-35-32-29-21-18-15-12-9-6-3)48-67-58-56(55(65)54(64)52(47-60)68-58)69-53(63)46-43-40-37-34-31-27-23-20-17-14-11-8-5-2/h16,19,24-25,27-28,30-31,36-37,39-41,44,49-52,54-56,58,60-62,64-65H,4-15,17-18,20-23,26,29,32-35,38,42-43,45-48H2,1-3H3,(H,59,66)/b19-16-,25-24-,30-28-,31-27-,39-36-,40-37+,44-41+. The molecule has 69 heavy (non-hydrogen) atoms. The first-order valence-electron chi connectivity index (χ1n) is 27.4. The van der Waals surface area contributed by atoms with Gasteiger partial charge in [-0.25, -0.2) is 0 Å². The van der Waals surface area contributed by atoms with Crippen molar-refractivity contribution in [2.75, 3.05) is 13.2 Å². The van der Waals surface area contributed by atoms with Crippen molar-refractivity contribution >= 4 is 11.9 Å². The van der Waals surface area contributed by atoms with Crippen LogP contribution in [-0.2, 0) is 23.8 Å².